The van der Waals surface area contributed by atoms with E-state index in [1.807, 2.05) is 6.07 Å². The van der Waals surface area contributed by atoms with Crippen molar-refractivity contribution in [2.24, 2.45) is 0 Å². The van der Waals surface area contributed by atoms with E-state index < -0.39 is 0 Å². The normalized spacial score (nSPS) is 19.9. The van der Waals surface area contributed by atoms with Crippen LogP contribution in [-0.2, 0) is 6.54 Å². The molecule has 2 aliphatic rings. The molecule has 0 spiro atoms. The van der Waals surface area contributed by atoms with Crippen LogP contribution in [0.25, 0.3) is 0 Å². The van der Waals surface area contributed by atoms with Crippen molar-refractivity contribution in [3.8, 4) is 5.75 Å². The summed E-state index contributed by atoms with van der Waals surface area (Å²) < 4.78 is 7.42. The molecule has 2 heterocycles. The molecule has 122 valence electrons. The zero-order valence-corrected chi connectivity index (χ0v) is 13.7. The minimum Gasteiger partial charge on any atom is -0.497 e. The lowest BCUT2D eigenvalue weighted by Gasteiger charge is -2.31. The molecule has 0 bridgehead atoms. The molecule has 0 N–H and O–H groups in total. The highest BCUT2D eigenvalue weighted by molar-refractivity contribution is 5.28. The first-order chi connectivity index (χ1) is 11.3. The molecule has 4 rings (SSSR count). The average molecular weight is 312 g/mol. The lowest BCUT2D eigenvalue weighted by atomic mass is 10.0. The molecular weight excluding hydrogens is 288 g/mol. The Balaban J connectivity index is 1.33. The zero-order chi connectivity index (χ0) is 15.6. The molecule has 1 aromatic carbocycles. The van der Waals surface area contributed by atoms with E-state index >= 15 is 0 Å². The highest BCUT2D eigenvalue weighted by atomic mass is 16.5. The van der Waals surface area contributed by atoms with Crippen LogP contribution in [0.5, 0.6) is 5.75 Å². The van der Waals surface area contributed by atoms with Gasteiger partial charge in [-0.3, -0.25) is 4.90 Å². The van der Waals surface area contributed by atoms with Gasteiger partial charge in [-0.05, 0) is 43.4 Å². The fraction of sp³-hybridized carbons (Fsp3) is 0.556. The van der Waals surface area contributed by atoms with E-state index in [-0.39, 0.29) is 0 Å². The molecular formula is C18H24N4O. The predicted molar refractivity (Wildman–Crippen MR) is 88.5 cm³/mol. The molecule has 1 aromatic heterocycles. The summed E-state index contributed by atoms with van der Waals surface area (Å²) in [5, 5.41) is 8.71. The van der Waals surface area contributed by atoms with Crippen LogP contribution in [0.15, 0.2) is 30.5 Å². The lowest BCUT2D eigenvalue weighted by Crippen LogP contribution is -2.34. The summed E-state index contributed by atoms with van der Waals surface area (Å²) in [5.74, 6) is 1.63. The smallest absolute Gasteiger partial charge is 0.119 e. The molecule has 2 aromatic rings. The third-order valence-electron chi connectivity index (χ3n) is 5.00. The first-order valence-corrected chi connectivity index (χ1v) is 8.59. The molecule has 2 fully saturated rings. The number of benzene rings is 1. The van der Waals surface area contributed by atoms with Crippen LogP contribution in [0.3, 0.4) is 0 Å². The Labute approximate surface area is 137 Å². The number of methoxy groups -OCH3 is 1. The fourth-order valence-corrected chi connectivity index (χ4v) is 3.41. The van der Waals surface area contributed by atoms with Crippen LogP contribution in [0.2, 0.25) is 0 Å². The average Bonchev–Trinajstić information content (AvgIpc) is 3.33. The Bertz CT molecular complexity index is 657. The van der Waals surface area contributed by atoms with Gasteiger partial charge in [0, 0.05) is 31.7 Å². The van der Waals surface area contributed by atoms with Crippen LogP contribution < -0.4 is 4.74 Å². The first kappa shape index (κ1) is 14.7. The summed E-state index contributed by atoms with van der Waals surface area (Å²) in [6.07, 6.45) is 7.06. The maximum atomic E-state index is 5.31. The molecule has 0 unspecified atom stereocenters. The number of aromatic nitrogens is 3. The molecule has 1 saturated carbocycles. The van der Waals surface area contributed by atoms with E-state index in [1.54, 1.807) is 7.11 Å². The maximum absolute atomic E-state index is 5.31. The number of piperidine rings is 1. The molecule has 0 radical (unpaired) electrons. The summed E-state index contributed by atoms with van der Waals surface area (Å²) in [6, 6.07) is 8.88. The van der Waals surface area contributed by atoms with Crippen LogP contribution in [-0.4, -0.2) is 40.1 Å². The van der Waals surface area contributed by atoms with Gasteiger partial charge in [-0.25, -0.2) is 4.68 Å². The van der Waals surface area contributed by atoms with Crippen molar-refractivity contribution in [3.63, 3.8) is 0 Å². The molecule has 1 saturated heterocycles. The predicted octanol–water partition coefficient (Wildman–Crippen LogP) is 3.00. The number of nitrogens with zero attached hydrogens (tertiary/aromatic N) is 4. The largest absolute Gasteiger partial charge is 0.497 e. The molecule has 1 aliphatic heterocycles. The van der Waals surface area contributed by atoms with Crippen molar-refractivity contribution in [2.75, 3.05) is 20.2 Å². The van der Waals surface area contributed by atoms with Crippen LogP contribution in [0.1, 0.15) is 48.9 Å². The van der Waals surface area contributed by atoms with E-state index in [2.05, 4.69) is 44.3 Å². The van der Waals surface area contributed by atoms with E-state index in [0.717, 1.165) is 38.2 Å². The van der Waals surface area contributed by atoms with Gasteiger partial charge in [-0.15, -0.1) is 5.10 Å². The van der Waals surface area contributed by atoms with E-state index in [4.69, 9.17) is 4.74 Å². The van der Waals surface area contributed by atoms with Crippen LogP contribution >= 0.6 is 0 Å². The summed E-state index contributed by atoms with van der Waals surface area (Å²) in [6.45, 7) is 3.22. The van der Waals surface area contributed by atoms with Crippen molar-refractivity contribution in [2.45, 2.75) is 44.2 Å². The van der Waals surface area contributed by atoms with E-state index in [0.29, 0.717) is 12.0 Å². The third-order valence-corrected chi connectivity index (χ3v) is 5.00. The number of ether oxygens (including phenoxy) is 1. The topological polar surface area (TPSA) is 43.2 Å². The number of likely N-dealkylation sites (tertiary alicyclic amines) is 1. The quantitative estimate of drug-likeness (QED) is 0.851. The molecule has 0 atom stereocenters. The van der Waals surface area contributed by atoms with Crippen molar-refractivity contribution >= 4 is 0 Å². The fourth-order valence-electron chi connectivity index (χ4n) is 3.41. The second kappa shape index (κ2) is 6.32. The van der Waals surface area contributed by atoms with Gasteiger partial charge < -0.3 is 4.74 Å². The minimum absolute atomic E-state index is 0.511. The second-order valence-corrected chi connectivity index (χ2v) is 6.76. The Hall–Kier alpha value is -1.88. The summed E-state index contributed by atoms with van der Waals surface area (Å²) in [5.41, 5.74) is 2.52. The first-order valence-electron chi connectivity index (χ1n) is 8.59. The van der Waals surface area contributed by atoms with Crippen molar-refractivity contribution in [1.82, 2.24) is 19.9 Å². The van der Waals surface area contributed by atoms with Gasteiger partial charge in [0.15, 0.2) is 0 Å². The molecule has 5 nitrogen and oxygen atoms in total. The van der Waals surface area contributed by atoms with E-state index in [9.17, 15) is 0 Å². The monoisotopic (exact) mass is 312 g/mol. The van der Waals surface area contributed by atoms with Gasteiger partial charge >= 0.3 is 0 Å². The number of hydrogen-bond donors (Lipinski definition) is 0. The van der Waals surface area contributed by atoms with Gasteiger partial charge in [0.05, 0.1) is 18.8 Å². The van der Waals surface area contributed by atoms with Gasteiger partial charge in [0.1, 0.15) is 5.75 Å². The second-order valence-electron chi connectivity index (χ2n) is 6.76. The van der Waals surface area contributed by atoms with Gasteiger partial charge in [0.25, 0.3) is 0 Å². The summed E-state index contributed by atoms with van der Waals surface area (Å²) in [7, 11) is 1.72. The summed E-state index contributed by atoms with van der Waals surface area (Å²) >= 11 is 0. The minimum atomic E-state index is 0.511. The molecule has 23 heavy (non-hydrogen) atoms. The van der Waals surface area contributed by atoms with E-state index in [1.165, 1.54) is 24.1 Å². The van der Waals surface area contributed by atoms with Crippen molar-refractivity contribution in [3.05, 3.63) is 41.7 Å². The Morgan fingerprint density at radius 3 is 2.74 bits per heavy atom. The Morgan fingerprint density at radius 1 is 1.17 bits per heavy atom. The highest BCUT2D eigenvalue weighted by Gasteiger charge is 2.28. The standard InChI is InChI=1S/C18H24N4O/c1-23-17-4-2-3-14(11-17)12-21-9-7-16(8-10-21)22-13-18(19-20-22)15-5-6-15/h2-4,11,13,15-16H,5-10,12H2,1H3. The maximum Gasteiger partial charge on any atom is 0.119 e. The highest BCUT2D eigenvalue weighted by Crippen LogP contribution is 2.39. The lowest BCUT2D eigenvalue weighted by molar-refractivity contribution is 0.172. The Kier molecular flexibility index (Phi) is 4.04. The molecule has 5 heteroatoms. The van der Waals surface area contributed by atoms with Gasteiger partial charge in [0.2, 0.25) is 0 Å². The van der Waals surface area contributed by atoms with Crippen LogP contribution in [0, 0.1) is 0 Å². The Morgan fingerprint density at radius 2 is 2.00 bits per heavy atom. The zero-order valence-electron chi connectivity index (χ0n) is 13.7. The molecule has 0 amide bonds. The SMILES string of the molecule is COc1cccc(CN2CCC(n3cc(C4CC4)nn3)CC2)c1. The number of rotatable bonds is 5. The third kappa shape index (κ3) is 3.39. The number of hydrogen-bond acceptors (Lipinski definition) is 4. The van der Waals surface area contributed by atoms with Gasteiger partial charge in [-0.1, -0.05) is 17.3 Å². The van der Waals surface area contributed by atoms with Gasteiger partial charge in [-0.2, -0.15) is 0 Å². The van der Waals surface area contributed by atoms with Crippen molar-refractivity contribution < 1.29 is 4.74 Å². The van der Waals surface area contributed by atoms with Crippen molar-refractivity contribution in [1.29, 1.82) is 0 Å². The summed E-state index contributed by atoms with van der Waals surface area (Å²) in [4.78, 5) is 2.52. The van der Waals surface area contributed by atoms with Crippen LogP contribution in [0.4, 0.5) is 0 Å². The molecule has 1 aliphatic carbocycles.